The second-order valence-corrected chi connectivity index (χ2v) is 9.90. The highest BCUT2D eigenvalue weighted by Gasteiger charge is 2.26. The zero-order valence-electron chi connectivity index (χ0n) is 20.2. The summed E-state index contributed by atoms with van der Waals surface area (Å²) in [7, 11) is 0. The van der Waals surface area contributed by atoms with E-state index in [2.05, 4.69) is 70.4 Å². The van der Waals surface area contributed by atoms with E-state index in [9.17, 15) is 0 Å². The highest BCUT2D eigenvalue weighted by atomic mass is 32.1. The molecule has 0 unspecified atom stereocenters. The lowest BCUT2D eigenvalue weighted by molar-refractivity contribution is 0.296. The van der Waals surface area contributed by atoms with Gasteiger partial charge in [0.2, 0.25) is 0 Å². The second-order valence-electron chi connectivity index (χ2n) is 9.49. The molecule has 0 saturated heterocycles. The summed E-state index contributed by atoms with van der Waals surface area (Å²) in [6, 6.07) is 16.8. The van der Waals surface area contributed by atoms with E-state index >= 15 is 0 Å². The first-order valence-corrected chi connectivity index (χ1v) is 12.0. The fraction of sp³-hybridized carbons (Fsp3) is 0.519. The van der Waals surface area contributed by atoms with Crippen molar-refractivity contribution in [2.24, 2.45) is 0 Å². The molecule has 0 aliphatic heterocycles. The van der Waals surface area contributed by atoms with E-state index in [1.807, 2.05) is 30.3 Å². The molecule has 2 rings (SSSR count). The minimum absolute atomic E-state index is 0.0893. The third-order valence-corrected chi connectivity index (χ3v) is 6.65. The Kier molecular flexibility index (Phi) is 9.36. The number of hydrogen-bond acceptors (Lipinski definition) is 2. The van der Waals surface area contributed by atoms with Gasteiger partial charge in [0.1, 0.15) is 5.75 Å². The predicted octanol–water partition coefficient (Wildman–Crippen LogP) is 7.21. The summed E-state index contributed by atoms with van der Waals surface area (Å²) in [5.41, 5.74) is 3.98. The lowest BCUT2D eigenvalue weighted by Gasteiger charge is -2.30. The average Bonchev–Trinajstić information content (AvgIpc) is 2.76. The van der Waals surface area contributed by atoms with Crippen LogP contribution in [0.3, 0.4) is 0 Å². The van der Waals surface area contributed by atoms with Crippen molar-refractivity contribution in [3.8, 4) is 5.75 Å². The third kappa shape index (κ3) is 7.53. The molecular formula is C27H40N2OS. The molecule has 0 heterocycles. The molecule has 2 N–H and O–H groups in total. The first-order valence-electron chi connectivity index (χ1n) is 11.6. The summed E-state index contributed by atoms with van der Waals surface area (Å²) < 4.78 is 6.25. The summed E-state index contributed by atoms with van der Waals surface area (Å²) in [6.45, 7) is 15.3. The van der Waals surface area contributed by atoms with Crippen molar-refractivity contribution in [2.45, 2.75) is 78.1 Å². The molecule has 4 heteroatoms. The number of hydrogen-bond donors (Lipinski definition) is 2. The van der Waals surface area contributed by atoms with E-state index in [-0.39, 0.29) is 10.8 Å². The van der Waals surface area contributed by atoms with Crippen molar-refractivity contribution in [3.63, 3.8) is 0 Å². The third-order valence-electron chi connectivity index (χ3n) is 6.40. The number of anilines is 1. The Hall–Kier alpha value is -2.07. The van der Waals surface area contributed by atoms with Gasteiger partial charge in [-0.3, -0.25) is 0 Å². The number of unbranched alkanes of at least 4 members (excludes halogenated alkanes) is 1. The van der Waals surface area contributed by atoms with Crippen molar-refractivity contribution >= 4 is 23.0 Å². The quantitative estimate of drug-likeness (QED) is 0.286. The molecule has 2 aromatic carbocycles. The molecule has 0 fully saturated rings. The summed E-state index contributed by atoms with van der Waals surface area (Å²) >= 11 is 5.36. The molecule has 31 heavy (non-hydrogen) atoms. The van der Waals surface area contributed by atoms with E-state index < -0.39 is 0 Å². The Balaban J connectivity index is 1.86. The van der Waals surface area contributed by atoms with Crippen molar-refractivity contribution in [3.05, 3.63) is 59.7 Å². The average molecular weight is 441 g/mol. The van der Waals surface area contributed by atoms with Gasteiger partial charge in [-0.05, 0) is 72.5 Å². The van der Waals surface area contributed by atoms with Crippen LogP contribution in [0.5, 0.6) is 5.75 Å². The molecule has 0 bridgehead atoms. The van der Waals surface area contributed by atoms with Crippen molar-refractivity contribution in [1.82, 2.24) is 5.32 Å². The number of nitrogens with one attached hydrogen (secondary N) is 2. The van der Waals surface area contributed by atoms with Gasteiger partial charge in [0.15, 0.2) is 5.11 Å². The molecule has 170 valence electrons. The molecule has 2 aromatic rings. The van der Waals surface area contributed by atoms with Crippen LogP contribution in [0.1, 0.15) is 78.4 Å². The van der Waals surface area contributed by atoms with Gasteiger partial charge >= 0.3 is 0 Å². The fourth-order valence-electron chi connectivity index (χ4n) is 3.31. The molecule has 3 nitrogen and oxygen atoms in total. The van der Waals surface area contributed by atoms with Gasteiger partial charge in [0.05, 0.1) is 6.61 Å². The number of rotatable bonds is 11. The molecule has 0 spiro atoms. The van der Waals surface area contributed by atoms with Crippen LogP contribution in [0, 0.1) is 0 Å². The maximum Gasteiger partial charge on any atom is 0.170 e. The highest BCUT2D eigenvalue weighted by molar-refractivity contribution is 7.80. The Morgan fingerprint density at radius 3 is 2.23 bits per heavy atom. The van der Waals surface area contributed by atoms with Crippen LogP contribution in [0.4, 0.5) is 5.69 Å². The van der Waals surface area contributed by atoms with E-state index in [0.29, 0.717) is 11.7 Å². The van der Waals surface area contributed by atoms with Gasteiger partial charge in [-0.2, -0.15) is 0 Å². The van der Waals surface area contributed by atoms with Gasteiger partial charge in [0, 0.05) is 17.8 Å². The molecule has 0 atom stereocenters. The largest absolute Gasteiger partial charge is 0.493 e. The maximum atomic E-state index is 6.25. The number of para-hydroxylation sites is 1. The Bertz CT molecular complexity index is 830. The Morgan fingerprint density at radius 2 is 1.58 bits per heavy atom. The number of ether oxygens (including phenoxy) is 1. The predicted molar refractivity (Wildman–Crippen MR) is 138 cm³/mol. The maximum absolute atomic E-state index is 6.25. The molecule has 0 aliphatic rings. The fourth-order valence-corrected chi connectivity index (χ4v) is 3.53. The minimum atomic E-state index is 0.0893. The Morgan fingerprint density at radius 1 is 0.903 bits per heavy atom. The lowest BCUT2D eigenvalue weighted by atomic mass is 9.76. The van der Waals surface area contributed by atoms with Crippen LogP contribution in [-0.2, 0) is 10.8 Å². The lowest BCUT2D eigenvalue weighted by Crippen LogP contribution is -2.29. The molecular weight excluding hydrogens is 400 g/mol. The highest BCUT2D eigenvalue weighted by Crippen LogP contribution is 2.38. The molecule has 0 aliphatic carbocycles. The van der Waals surface area contributed by atoms with Gasteiger partial charge in [-0.1, -0.05) is 71.9 Å². The molecule has 0 amide bonds. The molecule has 0 saturated carbocycles. The van der Waals surface area contributed by atoms with E-state index in [4.69, 9.17) is 17.0 Å². The van der Waals surface area contributed by atoms with Crippen molar-refractivity contribution < 1.29 is 4.74 Å². The second kappa shape index (κ2) is 11.5. The van der Waals surface area contributed by atoms with Gasteiger partial charge in [0.25, 0.3) is 0 Å². The standard InChI is InChI=1S/C27H40N2OS/c1-7-26(3,4)21-16-17-24(23(20-21)27(5,6)8-2)30-19-13-12-18-28-25(31)29-22-14-10-9-11-15-22/h9-11,14-17,20H,7-8,12-13,18-19H2,1-6H3,(H2,28,29,31). The first kappa shape index (κ1) is 25.2. The van der Waals surface area contributed by atoms with E-state index in [1.54, 1.807) is 0 Å². The molecule has 0 radical (unpaired) electrons. The minimum Gasteiger partial charge on any atom is -0.493 e. The Labute approximate surface area is 195 Å². The van der Waals surface area contributed by atoms with Crippen molar-refractivity contribution in [2.75, 3.05) is 18.5 Å². The summed E-state index contributed by atoms with van der Waals surface area (Å²) in [5.74, 6) is 1.02. The van der Waals surface area contributed by atoms with Crippen LogP contribution in [0.25, 0.3) is 0 Å². The SMILES string of the molecule is CCC(C)(C)c1ccc(OCCCCNC(=S)Nc2ccccc2)c(C(C)(C)CC)c1. The van der Waals surface area contributed by atoms with Crippen LogP contribution in [0.2, 0.25) is 0 Å². The van der Waals surface area contributed by atoms with Crippen LogP contribution < -0.4 is 15.4 Å². The zero-order chi connectivity index (χ0) is 22.9. The summed E-state index contributed by atoms with van der Waals surface area (Å²) in [4.78, 5) is 0. The smallest absolute Gasteiger partial charge is 0.170 e. The number of benzene rings is 2. The monoisotopic (exact) mass is 440 g/mol. The zero-order valence-corrected chi connectivity index (χ0v) is 21.0. The van der Waals surface area contributed by atoms with E-state index in [1.165, 1.54) is 11.1 Å². The normalized spacial score (nSPS) is 11.8. The summed E-state index contributed by atoms with van der Waals surface area (Å²) in [6.07, 6.45) is 4.18. The van der Waals surface area contributed by atoms with Gasteiger partial charge in [-0.25, -0.2) is 0 Å². The van der Waals surface area contributed by atoms with Gasteiger partial charge in [-0.15, -0.1) is 0 Å². The van der Waals surface area contributed by atoms with Crippen LogP contribution in [-0.4, -0.2) is 18.3 Å². The summed E-state index contributed by atoms with van der Waals surface area (Å²) in [5, 5.41) is 7.13. The number of thiocarbonyl (C=S) groups is 1. The van der Waals surface area contributed by atoms with Crippen LogP contribution >= 0.6 is 12.2 Å². The van der Waals surface area contributed by atoms with E-state index in [0.717, 1.165) is 43.7 Å². The van der Waals surface area contributed by atoms with Crippen molar-refractivity contribution in [1.29, 1.82) is 0 Å². The first-order chi connectivity index (χ1) is 14.7. The molecule has 0 aromatic heterocycles. The topological polar surface area (TPSA) is 33.3 Å². The van der Waals surface area contributed by atoms with Crippen LogP contribution in [0.15, 0.2) is 48.5 Å². The van der Waals surface area contributed by atoms with Gasteiger partial charge < -0.3 is 15.4 Å².